The fourth-order valence-electron chi connectivity index (χ4n) is 3.04. The summed E-state index contributed by atoms with van der Waals surface area (Å²) >= 11 is 4.47. The summed E-state index contributed by atoms with van der Waals surface area (Å²) in [7, 11) is 0. The van der Waals surface area contributed by atoms with Gasteiger partial charge in [0.15, 0.2) is 0 Å². The van der Waals surface area contributed by atoms with Crippen molar-refractivity contribution in [2.45, 2.75) is 121 Å². The van der Waals surface area contributed by atoms with Gasteiger partial charge in [-0.15, -0.1) is 0 Å². The van der Waals surface area contributed by atoms with Gasteiger partial charge < -0.3 is 5.11 Å². The van der Waals surface area contributed by atoms with Gasteiger partial charge in [0.2, 0.25) is 0 Å². The molecule has 0 aliphatic rings. The maximum atomic E-state index is 8.81. The van der Waals surface area contributed by atoms with E-state index in [1.54, 1.807) is 0 Å². The van der Waals surface area contributed by atoms with E-state index in [-0.39, 0.29) is 6.61 Å². The molecule has 22 heavy (non-hydrogen) atoms. The van der Waals surface area contributed by atoms with E-state index >= 15 is 0 Å². The molecule has 0 heterocycles. The highest BCUT2D eigenvalue weighted by Crippen LogP contribution is 2.15. The Morgan fingerprint density at radius 3 is 1.32 bits per heavy atom. The highest BCUT2D eigenvalue weighted by molar-refractivity contribution is 7.80. The highest BCUT2D eigenvalue weighted by Gasteiger charge is 2.01. The van der Waals surface area contributed by atoms with Crippen LogP contribution in [0.15, 0.2) is 0 Å². The van der Waals surface area contributed by atoms with Crippen molar-refractivity contribution in [3.8, 4) is 0 Å². The zero-order valence-corrected chi connectivity index (χ0v) is 16.1. The number of hydrogen-bond acceptors (Lipinski definition) is 2. The van der Waals surface area contributed by atoms with Gasteiger partial charge in [0, 0.05) is 11.9 Å². The van der Waals surface area contributed by atoms with Crippen LogP contribution in [0.2, 0.25) is 0 Å². The van der Waals surface area contributed by atoms with Crippen molar-refractivity contribution in [1.29, 1.82) is 0 Å². The first kappa shape index (κ1) is 22.3. The van der Waals surface area contributed by atoms with Gasteiger partial charge in [0.25, 0.3) is 0 Å². The summed E-state index contributed by atoms with van der Waals surface area (Å²) in [4.78, 5) is 0. The van der Waals surface area contributed by atoms with Crippen LogP contribution in [0.5, 0.6) is 0 Å². The van der Waals surface area contributed by atoms with E-state index in [0.29, 0.717) is 5.25 Å². The Morgan fingerprint density at radius 2 is 0.955 bits per heavy atom. The SMILES string of the molecule is CCCCCCCCCCCCCCCCCC(S)CCO. The highest BCUT2D eigenvalue weighted by atomic mass is 32.1. The van der Waals surface area contributed by atoms with Crippen LogP contribution < -0.4 is 0 Å². The van der Waals surface area contributed by atoms with Crippen LogP contribution in [0.4, 0.5) is 0 Å². The van der Waals surface area contributed by atoms with Crippen LogP contribution in [0, 0.1) is 0 Å². The Balaban J connectivity index is 3.00. The molecule has 134 valence electrons. The molecule has 0 rings (SSSR count). The molecule has 0 radical (unpaired) electrons. The van der Waals surface area contributed by atoms with Crippen molar-refractivity contribution >= 4 is 12.6 Å². The van der Waals surface area contributed by atoms with Crippen molar-refractivity contribution in [1.82, 2.24) is 0 Å². The zero-order chi connectivity index (χ0) is 16.3. The van der Waals surface area contributed by atoms with E-state index in [0.717, 1.165) is 6.42 Å². The van der Waals surface area contributed by atoms with Crippen molar-refractivity contribution in [2.75, 3.05) is 6.61 Å². The average Bonchev–Trinajstić information content (AvgIpc) is 2.51. The van der Waals surface area contributed by atoms with Crippen LogP contribution in [-0.2, 0) is 0 Å². The lowest BCUT2D eigenvalue weighted by Crippen LogP contribution is -2.01. The van der Waals surface area contributed by atoms with E-state index in [9.17, 15) is 0 Å². The third-order valence-corrected chi connectivity index (χ3v) is 5.12. The lowest BCUT2D eigenvalue weighted by atomic mass is 10.0. The quantitative estimate of drug-likeness (QED) is 0.206. The van der Waals surface area contributed by atoms with Gasteiger partial charge in [0.1, 0.15) is 0 Å². The summed E-state index contributed by atoms with van der Waals surface area (Å²) < 4.78 is 0. The molecular formula is C20H42OS. The Kier molecular flexibility index (Phi) is 19.6. The Morgan fingerprint density at radius 1 is 0.591 bits per heavy atom. The molecule has 0 aromatic rings. The molecule has 0 spiro atoms. The van der Waals surface area contributed by atoms with Crippen LogP contribution in [0.1, 0.15) is 116 Å². The normalized spacial score (nSPS) is 12.7. The molecule has 0 bridgehead atoms. The number of unbranched alkanes of at least 4 members (excludes halogenated alkanes) is 14. The smallest absolute Gasteiger partial charge is 0.0441 e. The van der Waals surface area contributed by atoms with Crippen LogP contribution in [0.25, 0.3) is 0 Å². The first-order chi connectivity index (χ1) is 10.8. The molecule has 1 atom stereocenters. The van der Waals surface area contributed by atoms with Gasteiger partial charge in [-0.05, 0) is 12.8 Å². The van der Waals surface area contributed by atoms with Crippen LogP contribution in [-0.4, -0.2) is 17.0 Å². The molecule has 2 heteroatoms. The first-order valence-corrected chi connectivity index (χ1v) is 10.6. The minimum atomic E-state index is 0.285. The molecule has 0 amide bonds. The monoisotopic (exact) mass is 330 g/mol. The number of aliphatic hydroxyl groups excluding tert-OH is 1. The summed E-state index contributed by atoms with van der Waals surface area (Å²) in [5, 5.41) is 9.22. The second-order valence-electron chi connectivity index (χ2n) is 6.90. The van der Waals surface area contributed by atoms with Crippen molar-refractivity contribution in [3.63, 3.8) is 0 Å². The predicted octanol–water partition coefficient (Wildman–Crippen LogP) is 6.93. The minimum Gasteiger partial charge on any atom is -0.396 e. The Hall–Kier alpha value is 0.310. The lowest BCUT2D eigenvalue weighted by Gasteiger charge is -2.08. The van der Waals surface area contributed by atoms with Crippen LogP contribution in [0.3, 0.4) is 0 Å². The second-order valence-corrected chi connectivity index (χ2v) is 7.63. The summed E-state index contributed by atoms with van der Waals surface area (Å²) in [6.45, 7) is 2.57. The predicted molar refractivity (Wildman–Crippen MR) is 104 cm³/mol. The maximum absolute atomic E-state index is 8.81. The van der Waals surface area contributed by atoms with Crippen molar-refractivity contribution in [2.24, 2.45) is 0 Å². The van der Waals surface area contributed by atoms with Gasteiger partial charge in [0.05, 0.1) is 0 Å². The molecule has 0 aromatic heterocycles. The van der Waals surface area contributed by atoms with Crippen molar-refractivity contribution < 1.29 is 5.11 Å². The number of aliphatic hydroxyl groups is 1. The third kappa shape index (κ3) is 18.4. The second kappa shape index (κ2) is 19.4. The van der Waals surface area contributed by atoms with Gasteiger partial charge in [-0.25, -0.2) is 0 Å². The van der Waals surface area contributed by atoms with Crippen molar-refractivity contribution in [3.05, 3.63) is 0 Å². The molecule has 0 aliphatic heterocycles. The lowest BCUT2D eigenvalue weighted by molar-refractivity contribution is 0.285. The molecule has 0 fully saturated rings. The third-order valence-electron chi connectivity index (χ3n) is 4.60. The fourth-order valence-corrected chi connectivity index (χ4v) is 3.34. The molecule has 1 nitrogen and oxygen atoms in total. The Bertz CT molecular complexity index is 196. The summed E-state index contributed by atoms with van der Waals surface area (Å²) in [6, 6.07) is 0. The fraction of sp³-hybridized carbons (Fsp3) is 1.00. The number of hydrogen-bond donors (Lipinski definition) is 2. The molecule has 1 unspecified atom stereocenters. The molecular weight excluding hydrogens is 288 g/mol. The zero-order valence-electron chi connectivity index (χ0n) is 15.2. The minimum absolute atomic E-state index is 0.285. The standard InChI is InChI=1S/C20H42OS/c1-2-3-4-5-6-7-8-9-10-11-12-13-14-15-16-17-20(22)18-19-21/h20-22H,2-19H2,1H3. The van der Waals surface area contributed by atoms with Gasteiger partial charge in [-0.1, -0.05) is 103 Å². The van der Waals surface area contributed by atoms with E-state index < -0.39 is 0 Å². The van der Waals surface area contributed by atoms with E-state index in [1.165, 1.54) is 103 Å². The molecule has 1 N–H and O–H groups in total. The van der Waals surface area contributed by atoms with Gasteiger partial charge >= 0.3 is 0 Å². The number of rotatable bonds is 18. The van der Waals surface area contributed by atoms with E-state index in [4.69, 9.17) is 5.11 Å². The molecule has 0 aromatic carbocycles. The van der Waals surface area contributed by atoms with Gasteiger partial charge in [-0.2, -0.15) is 12.6 Å². The maximum Gasteiger partial charge on any atom is 0.0441 e. The van der Waals surface area contributed by atoms with E-state index in [1.807, 2.05) is 0 Å². The Labute approximate surface area is 146 Å². The van der Waals surface area contributed by atoms with E-state index in [2.05, 4.69) is 19.6 Å². The summed E-state index contributed by atoms with van der Waals surface area (Å²) in [6.07, 6.45) is 23.3. The first-order valence-electron chi connectivity index (χ1n) is 10.1. The van der Waals surface area contributed by atoms with Crippen LogP contribution >= 0.6 is 12.6 Å². The average molecular weight is 331 g/mol. The summed E-state index contributed by atoms with van der Waals surface area (Å²) in [5.74, 6) is 0. The topological polar surface area (TPSA) is 20.2 Å². The largest absolute Gasteiger partial charge is 0.396 e. The molecule has 0 saturated carbocycles. The molecule has 0 saturated heterocycles. The van der Waals surface area contributed by atoms with Gasteiger partial charge in [-0.3, -0.25) is 0 Å². The molecule has 0 aliphatic carbocycles. The summed E-state index contributed by atoms with van der Waals surface area (Å²) in [5.41, 5.74) is 0. The number of thiol groups is 1.